The van der Waals surface area contributed by atoms with Crippen LogP contribution in [0, 0.1) is 5.92 Å². The van der Waals surface area contributed by atoms with Crippen LogP contribution >= 0.6 is 0 Å². The van der Waals surface area contributed by atoms with Gasteiger partial charge in [0.2, 0.25) is 0 Å². The molecule has 1 aromatic rings. The van der Waals surface area contributed by atoms with Crippen LogP contribution in [0.4, 0.5) is 0 Å². The molecule has 0 amide bonds. The molecule has 0 aliphatic carbocycles. The molecular weight excluding hydrogens is 258 g/mol. The number of nitrogens with zero attached hydrogens (tertiary/aromatic N) is 2. The minimum atomic E-state index is 0.923. The van der Waals surface area contributed by atoms with Crippen LogP contribution in [-0.4, -0.2) is 55.6 Å². The van der Waals surface area contributed by atoms with E-state index in [4.69, 9.17) is 0 Å². The molecule has 2 saturated heterocycles. The Balaban J connectivity index is 1.45. The molecule has 2 fully saturated rings. The molecule has 0 unspecified atom stereocenters. The minimum absolute atomic E-state index is 0.923. The molecule has 0 bridgehead atoms. The third kappa shape index (κ3) is 4.80. The largest absolute Gasteiger partial charge is 0.317 e. The summed E-state index contributed by atoms with van der Waals surface area (Å²) >= 11 is 0. The molecule has 2 aliphatic rings. The molecule has 0 spiro atoms. The van der Waals surface area contributed by atoms with Crippen molar-refractivity contribution in [3.8, 4) is 0 Å². The maximum atomic E-state index is 3.47. The lowest BCUT2D eigenvalue weighted by molar-refractivity contribution is 0.204. The first-order chi connectivity index (χ1) is 10.4. The Labute approximate surface area is 129 Å². The van der Waals surface area contributed by atoms with Crippen molar-refractivity contribution < 1.29 is 0 Å². The molecule has 1 N–H and O–H groups in total. The van der Waals surface area contributed by atoms with Crippen LogP contribution in [0.1, 0.15) is 24.8 Å². The lowest BCUT2D eigenvalue weighted by Crippen LogP contribution is -2.38. The zero-order valence-electron chi connectivity index (χ0n) is 13.1. The fourth-order valence-corrected chi connectivity index (χ4v) is 3.64. The van der Waals surface area contributed by atoms with E-state index in [1.165, 1.54) is 70.6 Å². The third-order valence-electron chi connectivity index (χ3n) is 4.91. The second kappa shape index (κ2) is 7.92. The highest BCUT2D eigenvalue weighted by molar-refractivity contribution is 5.14. The van der Waals surface area contributed by atoms with Crippen LogP contribution in [0.15, 0.2) is 30.3 Å². The van der Waals surface area contributed by atoms with E-state index >= 15 is 0 Å². The monoisotopic (exact) mass is 287 g/mol. The maximum Gasteiger partial charge on any atom is 0.0234 e. The van der Waals surface area contributed by atoms with Gasteiger partial charge in [-0.05, 0) is 56.9 Å². The van der Waals surface area contributed by atoms with Gasteiger partial charge in [0.25, 0.3) is 0 Å². The molecule has 2 aliphatic heterocycles. The van der Waals surface area contributed by atoms with Crippen molar-refractivity contribution in [1.29, 1.82) is 0 Å². The molecule has 0 atom stereocenters. The average molecular weight is 287 g/mol. The summed E-state index contributed by atoms with van der Waals surface area (Å²) in [6.07, 6.45) is 4.05. The molecule has 2 heterocycles. The summed E-state index contributed by atoms with van der Waals surface area (Å²) in [6, 6.07) is 10.9. The highest BCUT2D eigenvalue weighted by Gasteiger charge is 2.19. The van der Waals surface area contributed by atoms with Gasteiger partial charge < -0.3 is 10.2 Å². The smallest absolute Gasteiger partial charge is 0.0234 e. The second-order valence-corrected chi connectivity index (χ2v) is 6.61. The zero-order chi connectivity index (χ0) is 14.3. The Hall–Kier alpha value is -0.900. The van der Waals surface area contributed by atoms with Crippen molar-refractivity contribution in [2.75, 3.05) is 45.8 Å². The molecule has 1 aromatic carbocycles. The summed E-state index contributed by atoms with van der Waals surface area (Å²) in [5.41, 5.74) is 1.45. The van der Waals surface area contributed by atoms with Crippen LogP contribution < -0.4 is 5.32 Å². The first-order valence-corrected chi connectivity index (χ1v) is 8.59. The normalized spacial score (nSPS) is 23.0. The van der Waals surface area contributed by atoms with Crippen molar-refractivity contribution in [1.82, 2.24) is 15.1 Å². The summed E-state index contributed by atoms with van der Waals surface area (Å²) in [5.74, 6) is 0.923. The molecule has 0 radical (unpaired) electrons. The number of hydrogen-bond acceptors (Lipinski definition) is 3. The van der Waals surface area contributed by atoms with Gasteiger partial charge in [0, 0.05) is 26.2 Å². The van der Waals surface area contributed by atoms with E-state index in [9.17, 15) is 0 Å². The van der Waals surface area contributed by atoms with Gasteiger partial charge in [-0.3, -0.25) is 4.90 Å². The fraction of sp³-hybridized carbons (Fsp3) is 0.667. The van der Waals surface area contributed by atoms with E-state index in [1.54, 1.807) is 0 Å². The molecule has 0 saturated carbocycles. The predicted molar refractivity (Wildman–Crippen MR) is 88.4 cm³/mol. The lowest BCUT2D eigenvalue weighted by atomic mass is 9.97. The van der Waals surface area contributed by atoms with Crippen molar-refractivity contribution in [2.45, 2.75) is 25.8 Å². The first kappa shape index (κ1) is 15.0. The summed E-state index contributed by atoms with van der Waals surface area (Å²) in [7, 11) is 0. The van der Waals surface area contributed by atoms with Crippen molar-refractivity contribution >= 4 is 0 Å². The van der Waals surface area contributed by atoms with Gasteiger partial charge >= 0.3 is 0 Å². The van der Waals surface area contributed by atoms with Crippen molar-refractivity contribution in [3.05, 3.63) is 35.9 Å². The highest BCUT2D eigenvalue weighted by atomic mass is 15.2. The van der Waals surface area contributed by atoms with Gasteiger partial charge in [-0.2, -0.15) is 0 Å². The molecule has 0 aromatic heterocycles. The summed E-state index contributed by atoms with van der Waals surface area (Å²) < 4.78 is 0. The van der Waals surface area contributed by atoms with E-state index < -0.39 is 0 Å². The Morgan fingerprint density at radius 1 is 0.905 bits per heavy atom. The predicted octanol–water partition coefficient (Wildman–Crippen LogP) is 2.19. The number of rotatable bonds is 4. The first-order valence-electron chi connectivity index (χ1n) is 8.59. The van der Waals surface area contributed by atoms with Gasteiger partial charge in [0.1, 0.15) is 0 Å². The van der Waals surface area contributed by atoms with E-state index in [2.05, 4.69) is 45.4 Å². The van der Waals surface area contributed by atoms with Crippen LogP contribution in [0.5, 0.6) is 0 Å². The van der Waals surface area contributed by atoms with Gasteiger partial charge in [-0.1, -0.05) is 30.3 Å². The van der Waals surface area contributed by atoms with Crippen LogP contribution in [0.25, 0.3) is 0 Å². The Morgan fingerprint density at radius 3 is 2.43 bits per heavy atom. The fourth-order valence-electron chi connectivity index (χ4n) is 3.64. The molecule has 3 heteroatoms. The molecule has 3 rings (SSSR count). The topological polar surface area (TPSA) is 18.5 Å². The van der Waals surface area contributed by atoms with Gasteiger partial charge in [0.05, 0.1) is 0 Å². The Kier molecular flexibility index (Phi) is 5.67. The van der Waals surface area contributed by atoms with E-state index in [0.717, 1.165) is 12.5 Å². The SMILES string of the molecule is c1ccc(CN2CCCN(CC3CCNCC3)CC2)cc1. The summed E-state index contributed by atoms with van der Waals surface area (Å²) in [6.45, 7) is 9.88. The lowest BCUT2D eigenvalue weighted by Gasteiger charge is -2.29. The van der Waals surface area contributed by atoms with Gasteiger partial charge in [-0.25, -0.2) is 0 Å². The molecular formula is C18H29N3. The number of piperidine rings is 1. The van der Waals surface area contributed by atoms with E-state index in [0.29, 0.717) is 0 Å². The van der Waals surface area contributed by atoms with Crippen molar-refractivity contribution in [3.63, 3.8) is 0 Å². The van der Waals surface area contributed by atoms with Crippen LogP contribution in [0.3, 0.4) is 0 Å². The molecule has 21 heavy (non-hydrogen) atoms. The summed E-state index contributed by atoms with van der Waals surface area (Å²) in [5, 5.41) is 3.47. The molecule has 116 valence electrons. The number of nitrogens with one attached hydrogen (secondary N) is 1. The van der Waals surface area contributed by atoms with Crippen molar-refractivity contribution in [2.24, 2.45) is 5.92 Å². The standard InChI is InChI=1S/C18H29N3/c1-2-5-17(6-3-1)15-20-11-4-12-21(14-13-20)16-18-7-9-19-10-8-18/h1-3,5-6,18-19H,4,7-16H2. The quantitative estimate of drug-likeness (QED) is 0.916. The third-order valence-corrected chi connectivity index (χ3v) is 4.91. The van der Waals surface area contributed by atoms with E-state index in [1.807, 2.05) is 0 Å². The molecule has 3 nitrogen and oxygen atoms in total. The number of benzene rings is 1. The summed E-state index contributed by atoms with van der Waals surface area (Å²) in [4.78, 5) is 5.33. The van der Waals surface area contributed by atoms with Crippen LogP contribution in [-0.2, 0) is 6.54 Å². The van der Waals surface area contributed by atoms with E-state index in [-0.39, 0.29) is 0 Å². The minimum Gasteiger partial charge on any atom is -0.317 e. The van der Waals surface area contributed by atoms with Crippen LogP contribution in [0.2, 0.25) is 0 Å². The van der Waals surface area contributed by atoms with Gasteiger partial charge in [-0.15, -0.1) is 0 Å². The maximum absolute atomic E-state index is 3.47. The average Bonchev–Trinajstić information content (AvgIpc) is 2.75. The zero-order valence-corrected chi connectivity index (χ0v) is 13.1. The second-order valence-electron chi connectivity index (χ2n) is 6.61. The Morgan fingerprint density at radius 2 is 1.62 bits per heavy atom. The highest BCUT2D eigenvalue weighted by Crippen LogP contribution is 2.15. The van der Waals surface area contributed by atoms with Gasteiger partial charge in [0.15, 0.2) is 0 Å². The number of hydrogen-bond donors (Lipinski definition) is 1. The Bertz CT molecular complexity index is 400.